The Bertz CT molecular complexity index is 467. The van der Waals surface area contributed by atoms with Gasteiger partial charge in [0.05, 0.1) is 0 Å². The molecule has 104 valence electrons. The van der Waals surface area contributed by atoms with Crippen molar-refractivity contribution in [1.82, 2.24) is 25.0 Å². The highest BCUT2D eigenvalue weighted by Gasteiger charge is 2.25. The van der Waals surface area contributed by atoms with Gasteiger partial charge in [-0.3, -0.25) is 0 Å². The summed E-state index contributed by atoms with van der Waals surface area (Å²) in [6.07, 6.45) is 5.09. The number of aryl methyl sites for hydroxylation is 1. The number of aliphatic imine (C=N–C) groups is 1. The molecule has 19 heavy (non-hydrogen) atoms. The SMILES string of the molecule is Cc1nnc(CN=C(NC2CC2)N2CCCC2)n1C. The average Bonchev–Trinajstić information content (AvgIpc) is 2.95. The highest BCUT2D eigenvalue weighted by atomic mass is 15.3. The van der Waals surface area contributed by atoms with Gasteiger partial charge in [0.1, 0.15) is 12.4 Å². The first-order valence-corrected chi connectivity index (χ1v) is 7.15. The first-order chi connectivity index (χ1) is 9.24. The second-order valence-corrected chi connectivity index (χ2v) is 5.48. The minimum absolute atomic E-state index is 0.600. The molecule has 6 heteroatoms. The van der Waals surface area contributed by atoms with Crippen molar-refractivity contribution in [2.45, 2.75) is 45.2 Å². The molecule has 0 amide bonds. The Morgan fingerprint density at radius 1 is 1.32 bits per heavy atom. The lowest BCUT2D eigenvalue weighted by Crippen LogP contribution is -2.40. The van der Waals surface area contributed by atoms with Gasteiger partial charge in [0, 0.05) is 26.2 Å². The van der Waals surface area contributed by atoms with Gasteiger partial charge in [0.25, 0.3) is 0 Å². The minimum Gasteiger partial charge on any atom is -0.353 e. The van der Waals surface area contributed by atoms with E-state index in [9.17, 15) is 0 Å². The van der Waals surface area contributed by atoms with Crippen LogP contribution in [0.3, 0.4) is 0 Å². The van der Waals surface area contributed by atoms with Crippen LogP contribution in [0.15, 0.2) is 4.99 Å². The summed E-state index contributed by atoms with van der Waals surface area (Å²) in [4.78, 5) is 7.10. The van der Waals surface area contributed by atoms with E-state index in [-0.39, 0.29) is 0 Å². The molecule has 2 heterocycles. The summed E-state index contributed by atoms with van der Waals surface area (Å²) >= 11 is 0. The summed E-state index contributed by atoms with van der Waals surface area (Å²) in [5.74, 6) is 2.91. The van der Waals surface area contributed by atoms with Crippen LogP contribution in [-0.2, 0) is 13.6 Å². The van der Waals surface area contributed by atoms with Gasteiger partial charge in [-0.15, -0.1) is 10.2 Å². The van der Waals surface area contributed by atoms with Crippen molar-refractivity contribution in [3.05, 3.63) is 11.6 Å². The summed E-state index contributed by atoms with van der Waals surface area (Å²) in [6.45, 7) is 4.81. The molecular formula is C13H22N6. The third-order valence-electron chi connectivity index (χ3n) is 3.87. The first kappa shape index (κ1) is 12.4. The topological polar surface area (TPSA) is 58.3 Å². The molecule has 0 radical (unpaired) electrons. The van der Waals surface area contributed by atoms with E-state index in [1.807, 2.05) is 18.5 Å². The Morgan fingerprint density at radius 3 is 2.63 bits per heavy atom. The van der Waals surface area contributed by atoms with E-state index in [0.717, 1.165) is 30.7 Å². The van der Waals surface area contributed by atoms with E-state index in [1.165, 1.54) is 25.7 Å². The quantitative estimate of drug-likeness (QED) is 0.647. The Hall–Kier alpha value is -1.59. The van der Waals surface area contributed by atoms with Gasteiger partial charge < -0.3 is 14.8 Å². The van der Waals surface area contributed by atoms with Gasteiger partial charge in [-0.05, 0) is 32.6 Å². The summed E-state index contributed by atoms with van der Waals surface area (Å²) in [6, 6.07) is 0.639. The zero-order valence-electron chi connectivity index (χ0n) is 11.8. The zero-order chi connectivity index (χ0) is 13.2. The molecule has 0 unspecified atom stereocenters. The van der Waals surface area contributed by atoms with Crippen LogP contribution in [0.25, 0.3) is 0 Å². The van der Waals surface area contributed by atoms with Crippen LogP contribution in [0.4, 0.5) is 0 Å². The lowest BCUT2D eigenvalue weighted by atomic mass is 10.4. The van der Waals surface area contributed by atoms with Crippen molar-refractivity contribution >= 4 is 5.96 Å². The fourth-order valence-electron chi connectivity index (χ4n) is 2.31. The molecule has 0 spiro atoms. The third-order valence-corrected chi connectivity index (χ3v) is 3.87. The van der Waals surface area contributed by atoms with Crippen LogP contribution >= 0.6 is 0 Å². The van der Waals surface area contributed by atoms with Gasteiger partial charge in [0.2, 0.25) is 0 Å². The molecule has 0 bridgehead atoms. The Morgan fingerprint density at radius 2 is 2.05 bits per heavy atom. The van der Waals surface area contributed by atoms with Crippen molar-refractivity contribution in [2.75, 3.05) is 13.1 Å². The monoisotopic (exact) mass is 262 g/mol. The van der Waals surface area contributed by atoms with E-state index in [4.69, 9.17) is 4.99 Å². The predicted octanol–water partition coefficient (Wildman–Crippen LogP) is 0.827. The van der Waals surface area contributed by atoms with E-state index in [0.29, 0.717) is 12.6 Å². The van der Waals surface area contributed by atoms with Crippen LogP contribution in [0.1, 0.15) is 37.3 Å². The van der Waals surface area contributed by atoms with E-state index in [1.54, 1.807) is 0 Å². The van der Waals surface area contributed by atoms with Crippen LogP contribution in [0.5, 0.6) is 0 Å². The van der Waals surface area contributed by atoms with E-state index >= 15 is 0 Å². The van der Waals surface area contributed by atoms with Crippen molar-refractivity contribution in [1.29, 1.82) is 0 Å². The molecule has 1 N–H and O–H groups in total. The summed E-state index contributed by atoms with van der Waals surface area (Å²) < 4.78 is 2.00. The molecule has 2 fully saturated rings. The fraction of sp³-hybridized carbons (Fsp3) is 0.769. The standard InChI is InChI=1S/C13H22N6/c1-10-16-17-12(18(10)2)9-14-13(15-11-5-6-11)19-7-3-4-8-19/h11H,3-9H2,1-2H3,(H,14,15). The maximum absolute atomic E-state index is 4.74. The molecule has 1 aromatic rings. The van der Waals surface area contributed by atoms with E-state index in [2.05, 4.69) is 20.4 Å². The number of hydrogen-bond donors (Lipinski definition) is 1. The first-order valence-electron chi connectivity index (χ1n) is 7.15. The van der Waals surface area contributed by atoms with E-state index < -0.39 is 0 Å². The third kappa shape index (κ3) is 2.88. The normalized spacial score (nSPS) is 20.1. The Balaban J connectivity index is 1.70. The van der Waals surface area contributed by atoms with Crippen LogP contribution in [0.2, 0.25) is 0 Å². The number of guanidine groups is 1. The van der Waals surface area contributed by atoms with Crippen molar-refractivity contribution in [2.24, 2.45) is 12.0 Å². The van der Waals surface area contributed by atoms with Gasteiger partial charge in [-0.25, -0.2) is 4.99 Å². The highest BCUT2D eigenvalue weighted by molar-refractivity contribution is 5.80. The van der Waals surface area contributed by atoms with Crippen molar-refractivity contribution in [3.63, 3.8) is 0 Å². The van der Waals surface area contributed by atoms with Crippen LogP contribution in [0, 0.1) is 6.92 Å². The molecule has 3 rings (SSSR count). The molecule has 1 aliphatic carbocycles. The molecule has 2 aliphatic rings. The van der Waals surface area contributed by atoms with Gasteiger partial charge in [-0.2, -0.15) is 0 Å². The zero-order valence-corrected chi connectivity index (χ0v) is 11.8. The number of nitrogens with one attached hydrogen (secondary N) is 1. The summed E-state index contributed by atoms with van der Waals surface area (Å²) in [7, 11) is 1.99. The number of aromatic nitrogens is 3. The van der Waals surface area contributed by atoms with Crippen molar-refractivity contribution < 1.29 is 0 Å². The predicted molar refractivity (Wildman–Crippen MR) is 73.8 cm³/mol. The molecule has 1 saturated heterocycles. The molecule has 6 nitrogen and oxygen atoms in total. The van der Waals surface area contributed by atoms with Crippen LogP contribution < -0.4 is 5.32 Å². The maximum Gasteiger partial charge on any atom is 0.194 e. The second kappa shape index (κ2) is 5.19. The summed E-state index contributed by atoms with van der Waals surface area (Å²) in [5, 5.41) is 11.8. The number of likely N-dealkylation sites (tertiary alicyclic amines) is 1. The molecule has 0 atom stereocenters. The molecule has 1 aromatic heterocycles. The smallest absolute Gasteiger partial charge is 0.194 e. The number of rotatable bonds is 3. The fourth-order valence-corrected chi connectivity index (χ4v) is 2.31. The maximum atomic E-state index is 4.74. The highest BCUT2D eigenvalue weighted by Crippen LogP contribution is 2.20. The van der Waals surface area contributed by atoms with Gasteiger partial charge in [0.15, 0.2) is 11.8 Å². The molecular weight excluding hydrogens is 240 g/mol. The van der Waals surface area contributed by atoms with Crippen molar-refractivity contribution in [3.8, 4) is 0 Å². The lowest BCUT2D eigenvalue weighted by molar-refractivity contribution is 0.490. The van der Waals surface area contributed by atoms with Gasteiger partial charge >= 0.3 is 0 Å². The molecule has 1 saturated carbocycles. The second-order valence-electron chi connectivity index (χ2n) is 5.48. The van der Waals surface area contributed by atoms with Gasteiger partial charge in [-0.1, -0.05) is 0 Å². The number of nitrogens with zero attached hydrogens (tertiary/aromatic N) is 5. The Labute approximate surface area is 113 Å². The molecule has 0 aromatic carbocycles. The number of hydrogen-bond acceptors (Lipinski definition) is 3. The molecule has 1 aliphatic heterocycles. The average molecular weight is 262 g/mol. The summed E-state index contributed by atoms with van der Waals surface area (Å²) in [5.41, 5.74) is 0. The minimum atomic E-state index is 0.600. The van der Waals surface area contributed by atoms with Crippen LogP contribution in [-0.4, -0.2) is 44.8 Å². The lowest BCUT2D eigenvalue weighted by Gasteiger charge is -2.21. The Kier molecular flexibility index (Phi) is 3.40. The largest absolute Gasteiger partial charge is 0.353 e.